The van der Waals surface area contributed by atoms with E-state index >= 15 is 0 Å². The second-order valence-corrected chi connectivity index (χ2v) is 11.7. The molecule has 0 bridgehead atoms. The first-order valence-electron chi connectivity index (χ1n) is 13.9. The maximum atomic E-state index is 13.2. The molecule has 1 amide bonds. The number of amides is 1. The Morgan fingerprint density at radius 3 is 2.30 bits per heavy atom. The molecule has 5 rings (SSSR count). The molecule has 0 aliphatic heterocycles. The Labute approximate surface area is 246 Å². The molecule has 0 spiro atoms. The average Bonchev–Trinajstić information content (AvgIpc) is 3.00. The monoisotopic (exact) mass is 570 g/mol. The number of thioether (sulfide) groups is 1. The van der Waals surface area contributed by atoms with Gasteiger partial charge in [-0.1, -0.05) is 115 Å². The fourth-order valence-electron chi connectivity index (χ4n) is 5.22. The Bertz CT molecular complexity index is 1380. The van der Waals surface area contributed by atoms with Gasteiger partial charge in [0.1, 0.15) is 11.0 Å². The summed E-state index contributed by atoms with van der Waals surface area (Å²) in [5.74, 6) is 1.48. The van der Waals surface area contributed by atoms with Gasteiger partial charge >= 0.3 is 0 Å². The van der Waals surface area contributed by atoms with E-state index in [1.54, 1.807) is 11.8 Å². The van der Waals surface area contributed by atoms with Crippen LogP contribution in [0.4, 0.5) is 5.82 Å². The predicted octanol–water partition coefficient (Wildman–Crippen LogP) is 7.91. The van der Waals surface area contributed by atoms with Crippen LogP contribution in [0.5, 0.6) is 0 Å². The van der Waals surface area contributed by atoms with E-state index < -0.39 is 0 Å². The van der Waals surface area contributed by atoms with Crippen LogP contribution < -0.4 is 10.2 Å². The van der Waals surface area contributed by atoms with Crippen molar-refractivity contribution in [2.45, 2.75) is 61.5 Å². The van der Waals surface area contributed by atoms with Gasteiger partial charge in [0, 0.05) is 30.5 Å². The van der Waals surface area contributed by atoms with Gasteiger partial charge < -0.3 is 10.2 Å². The Morgan fingerprint density at radius 1 is 0.925 bits per heavy atom. The highest BCUT2D eigenvalue weighted by atomic mass is 35.5. The van der Waals surface area contributed by atoms with Crippen LogP contribution in [0.2, 0.25) is 5.15 Å². The Kier molecular flexibility index (Phi) is 9.74. The average molecular weight is 571 g/mol. The molecule has 1 N–H and O–H groups in total. The van der Waals surface area contributed by atoms with Crippen LogP contribution in [0.25, 0.3) is 0 Å². The zero-order chi connectivity index (χ0) is 27.7. The minimum absolute atomic E-state index is 0.0856. The van der Waals surface area contributed by atoms with E-state index in [9.17, 15) is 4.79 Å². The number of halogens is 1. The topological polar surface area (TPSA) is 58.1 Å². The highest BCUT2D eigenvalue weighted by Gasteiger charge is 2.20. The Hall–Kier alpha value is -3.35. The van der Waals surface area contributed by atoms with Crippen molar-refractivity contribution in [2.75, 3.05) is 11.9 Å². The van der Waals surface area contributed by atoms with Gasteiger partial charge in [0.15, 0.2) is 5.16 Å². The van der Waals surface area contributed by atoms with Crippen molar-refractivity contribution in [3.8, 4) is 0 Å². The lowest BCUT2D eigenvalue weighted by atomic mass is 9.94. The van der Waals surface area contributed by atoms with Crippen molar-refractivity contribution >= 4 is 35.1 Å². The maximum absolute atomic E-state index is 13.2. The van der Waals surface area contributed by atoms with Crippen LogP contribution in [0.15, 0.2) is 96.2 Å². The van der Waals surface area contributed by atoms with Gasteiger partial charge in [-0.05, 0) is 48.1 Å². The second-order valence-electron chi connectivity index (χ2n) is 10.3. The number of hydrogen-bond acceptors (Lipinski definition) is 5. The van der Waals surface area contributed by atoms with Gasteiger partial charge in [0.25, 0.3) is 5.91 Å². The molecule has 1 unspecified atom stereocenters. The zero-order valence-corrected chi connectivity index (χ0v) is 24.4. The first-order valence-corrected chi connectivity index (χ1v) is 15.3. The van der Waals surface area contributed by atoms with Crippen molar-refractivity contribution in [1.29, 1.82) is 0 Å². The SMILES string of the molecule is CN(c1cc(Cl)nc(SCc2ccc(C(=O)NC(Cc3ccccc3)c3ccccc3)cc2)n1)C1CCCCC1. The van der Waals surface area contributed by atoms with E-state index in [1.165, 1.54) is 37.7 Å². The smallest absolute Gasteiger partial charge is 0.251 e. The van der Waals surface area contributed by atoms with Crippen molar-refractivity contribution in [3.05, 3.63) is 118 Å². The molecule has 1 aliphatic rings. The molecule has 1 atom stereocenters. The fraction of sp³-hybridized carbons (Fsp3) is 0.303. The number of benzene rings is 3. The third-order valence-electron chi connectivity index (χ3n) is 7.52. The summed E-state index contributed by atoms with van der Waals surface area (Å²) in [6.45, 7) is 0. The standard InChI is InChI=1S/C33H35ClN4OS/c1-38(28-15-9-4-10-16-28)31-22-30(34)36-33(37-31)40-23-25-17-19-27(20-18-25)32(39)35-29(26-13-7-3-8-14-26)21-24-11-5-2-6-12-24/h2-3,5-8,11-14,17-20,22,28-29H,4,9-10,15-16,21,23H2,1H3,(H,35,39). The molecule has 7 heteroatoms. The number of carbonyl (C=O) groups is 1. The number of rotatable bonds is 10. The van der Waals surface area contributed by atoms with Gasteiger partial charge in [-0.3, -0.25) is 4.79 Å². The highest BCUT2D eigenvalue weighted by molar-refractivity contribution is 7.98. The zero-order valence-electron chi connectivity index (χ0n) is 22.8. The van der Waals surface area contributed by atoms with Gasteiger partial charge in [-0.25, -0.2) is 9.97 Å². The minimum atomic E-state index is -0.118. The van der Waals surface area contributed by atoms with E-state index in [4.69, 9.17) is 16.6 Å². The summed E-state index contributed by atoms with van der Waals surface area (Å²) in [6, 6.07) is 30.4. The van der Waals surface area contributed by atoms with Gasteiger partial charge in [-0.15, -0.1) is 0 Å². The molecule has 1 aromatic heterocycles. The first kappa shape index (κ1) is 28.2. The number of nitrogens with one attached hydrogen (secondary N) is 1. The van der Waals surface area contributed by atoms with Crippen molar-refractivity contribution in [2.24, 2.45) is 0 Å². The molecule has 0 saturated heterocycles. The van der Waals surface area contributed by atoms with Crippen LogP contribution in [0, 0.1) is 0 Å². The molecule has 4 aromatic rings. The lowest BCUT2D eigenvalue weighted by Crippen LogP contribution is -2.34. The number of anilines is 1. The Morgan fingerprint density at radius 2 is 1.60 bits per heavy atom. The molecular weight excluding hydrogens is 536 g/mol. The highest BCUT2D eigenvalue weighted by Crippen LogP contribution is 2.29. The molecule has 1 aliphatic carbocycles. The fourth-order valence-corrected chi connectivity index (χ4v) is 6.25. The van der Waals surface area contributed by atoms with E-state index in [2.05, 4.69) is 46.5 Å². The number of aromatic nitrogens is 2. The summed E-state index contributed by atoms with van der Waals surface area (Å²) in [7, 11) is 2.11. The van der Waals surface area contributed by atoms with Crippen LogP contribution in [0.3, 0.4) is 0 Å². The number of carbonyl (C=O) groups excluding carboxylic acids is 1. The van der Waals surface area contributed by atoms with E-state index in [0.717, 1.165) is 23.4 Å². The van der Waals surface area contributed by atoms with Crippen LogP contribution >= 0.6 is 23.4 Å². The van der Waals surface area contributed by atoms with E-state index in [0.29, 0.717) is 27.7 Å². The van der Waals surface area contributed by atoms with Gasteiger partial charge in [-0.2, -0.15) is 0 Å². The van der Waals surface area contributed by atoms with Crippen LogP contribution in [0.1, 0.15) is 65.2 Å². The molecule has 1 heterocycles. The molecule has 40 heavy (non-hydrogen) atoms. The molecule has 5 nitrogen and oxygen atoms in total. The van der Waals surface area contributed by atoms with Crippen molar-refractivity contribution in [1.82, 2.24) is 15.3 Å². The summed E-state index contributed by atoms with van der Waals surface area (Å²) >= 11 is 7.93. The quantitative estimate of drug-likeness (QED) is 0.119. The summed E-state index contributed by atoms with van der Waals surface area (Å²) in [5.41, 5.74) is 4.00. The number of hydrogen-bond donors (Lipinski definition) is 1. The lowest BCUT2D eigenvalue weighted by molar-refractivity contribution is 0.0936. The third-order valence-corrected chi connectivity index (χ3v) is 8.63. The molecule has 1 saturated carbocycles. The minimum Gasteiger partial charge on any atom is -0.357 e. The van der Waals surface area contributed by atoms with Crippen LogP contribution in [-0.2, 0) is 12.2 Å². The first-order chi connectivity index (χ1) is 19.5. The molecule has 206 valence electrons. The predicted molar refractivity (Wildman–Crippen MR) is 165 cm³/mol. The molecule has 1 fully saturated rings. The van der Waals surface area contributed by atoms with Gasteiger partial charge in [0.2, 0.25) is 0 Å². The third kappa shape index (κ3) is 7.64. The normalized spacial score (nSPS) is 14.4. The summed E-state index contributed by atoms with van der Waals surface area (Å²) in [6.07, 6.45) is 6.96. The number of nitrogens with zero attached hydrogens (tertiary/aromatic N) is 3. The van der Waals surface area contributed by atoms with Crippen molar-refractivity contribution < 1.29 is 4.79 Å². The lowest BCUT2D eigenvalue weighted by Gasteiger charge is -2.32. The van der Waals surface area contributed by atoms with Crippen molar-refractivity contribution in [3.63, 3.8) is 0 Å². The Balaban J connectivity index is 1.21. The second kappa shape index (κ2) is 13.8. The summed E-state index contributed by atoms with van der Waals surface area (Å²) < 4.78 is 0. The van der Waals surface area contributed by atoms with Gasteiger partial charge in [0.05, 0.1) is 6.04 Å². The molecular formula is C33H35ClN4OS. The largest absolute Gasteiger partial charge is 0.357 e. The molecule has 3 aromatic carbocycles. The summed E-state index contributed by atoms with van der Waals surface area (Å²) in [4.78, 5) is 24.7. The van der Waals surface area contributed by atoms with Crippen LogP contribution in [-0.4, -0.2) is 29.0 Å². The maximum Gasteiger partial charge on any atom is 0.251 e. The van der Waals surface area contributed by atoms with E-state index in [1.807, 2.05) is 66.7 Å². The molecule has 0 radical (unpaired) electrons. The summed E-state index contributed by atoms with van der Waals surface area (Å²) in [5, 5.41) is 4.37. The van der Waals surface area contributed by atoms with E-state index in [-0.39, 0.29) is 11.9 Å².